The zero-order valence-corrected chi connectivity index (χ0v) is 13.3. The Morgan fingerprint density at radius 2 is 2.09 bits per heavy atom. The molecule has 0 amide bonds. The number of rotatable bonds is 4. The second-order valence-electron chi connectivity index (χ2n) is 5.81. The number of ether oxygens (including phenoxy) is 2. The van der Waals surface area contributed by atoms with Gasteiger partial charge in [-0.2, -0.15) is 0 Å². The number of benzene rings is 1. The first-order chi connectivity index (χ1) is 11.0. The molecule has 1 aliphatic rings. The molecule has 1 aliphatic heterocycles. The molecule has 0 spiro atoms. The van der Waals surface area contributed by atoms with E-state index in [1.54, 1.807) is 43.7 Å². The largest absolute Gasteiger partial charge is 0.496 e. The van der Waals surface area contributed by atoms with Crippen molar-refractivity contribution in [3.05, 3.63) is 59.6 Å². The lowest BCUT2D eigenvalue weighted by Crippen LogP contribution is -2.28. The highest BCUT2D eigenvalue weighted by Crippen LogP contribution is 2.39. The van der Waals surface area contributed by atoms with Gasteiger partial charge in [0.25, 0.3) is 0 Å². The number of carbonyl (C=O) groups is 1. The van der Waals surface area contributed by atoms with E-state index >= 15 is 0 Å². The van der Waals surface area contributed by atoms with E-state index in [0.717, 1.165) is 5.56 Å². The van der Waals surface area contributed by atoms with E-state index in [1.165, 1.54) is 6.08 Å². The predicted molar refractivity (Wildman–Crippen MR) is 88.8 cm³/mol. The Bertz CT molecular complexity index is 780. The fourth-order valence-electron chi connectivity index (χ4n) is 2.44. The van der Waals surface area contributed by atoms with Gasteiger partial charge in [-0.3, -0.25) is 4.79 Å². The third-order valence-electron chi connectivity index (χ3n) is 3.60. The van der Waals surface area contributed by atoms with Crippen LogP contribution in [0.25, 0.3) is 12.2 Å². The second-order valence-corrected chi connectivity index (χ2v) is 5.81. The Hall–Kier alpha value is -2.75. The molecule has 118 valence electrons. The van der Waals surface area contributed by atoms with E-state index in [0.29, 0.717) is 22.8 Å². The van der Waals surface area contributed by atoms with Gasteiger partial charge in [0.1, 0.15) is 22.9 Å². The Morgan fingerprint density at radius 3 is 2.78 bits per heavy atom. The van der Waals surface area contributed by atoms with Crippen LogP contribution in [0.4, 0.5) is 0 Å². The van der Waals surface area contributed by atoms with Gasteiger partial charge in [-0.25, -0.2) is 0 Å². The number of allylic oxidation sites excluding steroid dienone is 1. The van der Waals surface area contributed by atoms with E-state index in [2.05, 4.69) is 0 Å². The minimum atomic E-state index is -0.473. The number of fused-ring (bicyclic) bond motifs is 1. The summed E-state index contributed by atoms with van der Waals surface area (Å²) in [5.74, 6) is 1.71. The van der Waals surface area contributed by atoms with Crippen LogP contribution in [-0.2, 0) is 0 Å². The number of hydrogen-bond donors (Lipinski definition) is 0. The molecule has 0 saturated heterocycles. The summed E-state index contributed by atoms with van der Waals surface area (Å²) in [5, 5.41) is 0. The molecular weight excluding hydrogens is 292 g/mol. The van der Waals surface area contributed by atoms with Crippen LogP contribution in [0, 0.1) is 0 Å². The molecule has 0 unspecified atom stereocenters. The minimum absolute atomic E-state index is 0.147. The van der Waals surface area contributed by atoms with E-state index in [9.17, 15) is 4.79 Å². The molecule has 2 heterocycles. The standard InChI is InChI=1S/C19H18O4/c1-19(2)11-10-15-17(21-3)9-7-14(18(15)23-19)16(20)8-6-13-5-4-12-22-13/h4-12H,1-3H3/b8-6+. The third kappa shape index (κ3) is 3.06. The van der Waals surface area contributed by atoms with Gasteiger partial charge >= 0.3 is 0 Å². The molecule has 23 heavy (non-hydrogen) atoms. The van der Waals surface area contributed by atoms with Crippen LogP contribution in [0.1, 0.15) is 35.5 Å². The predicted octanol–water partition coefficient (Wildman–Crippen LogP) is 4.37. The summed E-state index contributed by atoms with van der Waals surface area (Å²) in [4.78, 5) is 12.5. The minimum Gasteiger partial charge on any atom is -0.496 e. The summed E-state index contributed by atoms with van der Waals surface area (Å²) in [7, 11) is 1.60. The van der Waals surface area contributed by atoms with E-state index in [4.69, 9.17) is 13.9 Å². The van der Waals surface area contributed by atoms with Crippen molar-refractivity contribution in [2.45, 2.75) is 19.4 Å². The summed E-state index contributed by atoms with van der Waals surface area (Å²) in [5.41, 5.74) is 0.809. The van der Waals surface area contributed by atoms with Crippen molar-refractivity contribution in [1.82, 2.24) is 0 Å². The number of hydrogen-bond acceptors (Lipinski definition) is 4. The molecule has 3 rings (SSSR count). The first kappa shape index (κ1) is 15.2. The van der Waals surface area contributed by atoms with Gasteiger partial charge < -0.3 is 13.9 Å². The smallest absolute Gasteiger partial charge is 0.189 e. The first-order valence-electron chi connectivity index (χ1n) is 7.35. The molecule has 4 heteroatoms. The van der Waals surface area contributed by atoms with E-state index < -0.39 is 5.60 Å². The number of carbonyl (C=O) groups excluding carboxylic acids is 1. The van der Waals surface area contributed by atoms with Crippen LogP contribution in [0.5, 0.6) is 11.5 Å². The fourth-order valence-corrected chi connectivity index (χ4v) is 2.44. The maximum absolute atomic E-state index is 12.5. The van der Waals surface area contributed by atoms with Gasteiger partial charge in [-0.1, -0.05) is 0 Å². The van der Waals surface area contributed by atoms with Gasteiger partial charge in [0.05, 0.1) is 24.5 Å². The normalized spacial score (nSPS) is 15.3. The number of ketones is 1. The van der Waals surface area contributed by atoms with E-state index in [1.807, 2.05) is 26.0 Å². The lowest BCUT2D eigenvalue weighted by Gasteiger charge is -2.29. The Balaban J connectivity index is 2.00. The van der Waals surface area contributed by atoms with Crippen molar-refractivity contribution in [1.29, 1.82) is 0 Å². The van der Waals surface area contributed by atoms with Crippen molar-refractivity contribution in [2.75, 3.05) is 7.11 Å². The number of furan rings is 1. The average molecular weight is 310 g/mol. The lowest BCUT2D eigenvalue weighted by molar-refractivity contribution is 0.103. The molecule has 0 N–H and O–H groups in total. The van der Waals surface area contributed by atoms with Crippen LogP contribution >= 0.6 is 0 Å². The molecule has 2 aromatic rings. The molecule has 0 atom stereocenters. The zero-order valence-electron chi connectivity index (χ0n) is 13.3. The topological polar surface area (TPSA) is 48.7 Å². The Labute approximate surface area is 135 Å². The molecule has 0 radical (unpaired) electrons. The van der Waals surface area contributed by atoms with Gasteiger partial charge in [0.15, 0.2) is 5.78 Å². The summed E-state index contributed by atoms with van der Waals surface area (Å²) < 4.78 is 16.6. The summed E-state index contributed by atoms with van der Waals surface area (Å²) >= 11 is 0. The molecule has 1 aromatic carbocycles. The molecule has 0 saturated carbocycles. The highest BCUT2D eigenvalue weighted by molar-refractivity contribution is 6.09. The quantitative estimate of drug-likeness (QED) is 0.621. The van der Waals surface area contributed by atoms with E-state index in [-0.39, 0.29) is 5.78 Å². The maximum Gasteiger partial charge on any atom is 0.189 e. The maximum atomic E-state index is 12.5. The Morgan fingerprint density at radius 1 is 1.26 bits per heavy atom. The summed E-state index contributed by atoms with van der Waals surface area (Å²) in [6.45, 7) is 3.89. The van der Waals surface area contributed by atoms with Crippen molar-refractivity contribution in [3.63, 3.8) is 0 Å². The molecule has 0 aliphatic carbocycles. The van der Waals surface area contributed by atoms with Gasteiger partial charge in [-0.15, -0.1) is 0 Å². The van der Waals surface area contributed by atoms with Crippen LogP contribution in [0.15, 0.2) is 47.1 Å². The molecule has 1 aromatic heterocycles. The molecule has 0 fully saturated rings. The van der Waals surface area contributed by atoms with Crippen LogP contribution in [-0.4, -0.2) is 18.5 Å². The monoisotopic (exact) mass is 310 g/mol. The third-order valence-corrected chi connectivity index (χ3v) is 3.60. The van der Waals surface area contributed by atoms with Crippen molar-refractivity contribution < 1.29 is 18.7 Å². The molecular formula is C19H18O4. The van der Waals surface area contributed by atoms with Gasteiger partial charge in [-0.05, 0) is 62.4 Å². The fraction of sp³-hybridized carbons (Fsp3) is 0.211. The van der Waals surface area contributed by atoms with Gasteiger partial charge in [0, 0.05) is 0 Å². The zero-order chi connectivity index (χ0) is 16.4. The second kappa shape index (κ2) is 5.80. The highest BCUT2D eigenvalue weighted by Gasteiger charge is 2.27. The lowest BCUT2D eigenvalue weighted by atomic mass is 9.97. The average Bonchev–Trinajstić information content (AvgIpc) is 3.04. The Kier molecular flexibility index (Phi) is 3.82. The van der Waals surface area contributed by atoms with Crippen LogP contribution < -0.4 is 9.47 Å². The van der Waals surface area contributed by atoms with Crippen molar-refractivity contribution in [2.24, 2.45) is 0 Å². The van der Waals surface area contributed by atoms with Crippen molar-refractivity contribution in [3.8, 4) is 11.5 Å². The number of methoxy groups -OCH3 is 1. The SMILES string of the molecule is COc1ccc(C(=O)/C=C/c2ccco2)c2c1C=CC(C)(C)O2. The van der Waals surface area contributed by atoms with Gasteiger partial charge in [0.2, 0.25) is 0 Å². The van der Waals surface area contributed by atoms with Crippen LogP contribution in [0.3, 0.4) is 0 Å². The molecule has 0 bridgehead atoms. The highest BCUT2D eigenvalue weighted by atomic mass is 16.5. The van der Waals surface area contributed by atoms with Crippen molar-refractivity contribution >= 4 is 17.9 Å². The first-order valence-corrected chi connectivity index (χ1v) is 7.35. The summed E-state index contributed by atoms with van der Waals surface area (Å²) in [6.07, 6.45) is 8.57. The summed E-state index contributed by atoms with van der Waals surface area (Å²) in [6, 6.07) is 7.06. The molecule has 4 nitrogen and oxygen atoms in total. The van der Waals surface area contributed by atoms with Crippen LogP contribution in [0.2, 0.25) is 0 Å².